The fraction of sp³-hybridized carbons (Fsp3) is 0.0909. The van der Waals surface area contributed by atoms with Crippen molar-refractivity contribution < 1.29 is 22.0 Å². The van der Waals surface area contributed by atoms with Crippen LogP contribution in [0.5, 0.6) is 0 Å². The Morgan fingerprint density at radius 3 is 1.82 bits per heavy atom. The van der Waals surface area contributed by atoms with E-state index in [9.17, 15) is 22.0 Å². The summed E-state index contributed by atoms with van der Waals surface area (Å²) in [5.74, 6) is -9.59. The maximum absolute atomic E-state index is 13.3. The largest absolute Gasteiger partial charge is 0.365 e. The molecule has 0 atom stereocenters. The maximum atomic E-state index is 13.3. The maximum Gasteiger partial charge on any atom is 0.200 e. The quantitative estimate of drug-likeness (QED) is 0.476. The molecule has 1 nitrogen and oxygen atoms in total. The normalized spacial score (nSPS) is 10.9. The summed E-state index contributed by atoms with van der Waals surface area (Å²) in [5.41, 5.74) is -0.489. The molecule has 0 bridgehead atoms. The lowest BCUT2D eigenvalue weighted by Crippen LogP contribution is -2.07. The molecule has 0 radical (unpaired) electrons. The molecule has 0 aliphatic heterocycles. The fourth-order valence-corrected chi connectivity index (χ4v) is 1.47. The van der Waals surface area contributed by atoms with Crippen LogP contribution in [0.3, 0.4) is 0 Å². The van der Waals surface area contributed by atoms with Crippen molar-refractivity contribution >= 4 is 0 Å². The lowest BCUT2D eigenvalue weighted by molar-refractivity contribution is 0.371. The third-order valence-electron chi connectivity index (χ3n) is 2.33. The number of halogens is 5. The van der Waals surface area contributed by atoms with Gasteiger partial charge in [-0.25, -0.2) is 22.0 Å². The van der Waals surface area contributed by atoms with Gasteiger partial charge in [-0.15, -0.1) is 0 Å². The van der Waals surface area contributed by atoms with Crippen LogP contribution < -0.4 is 0 Å². The van der Waals surface area contributed by atoms with E-state index in [1.807, 2.05) is 0 Å². The predicted octanol–water partition coefficient (Wildman–Crippen LogP) is 3.30. The summed E-state index contributed by atoms with van der Waals surface area (Å²) < 4.78 is 65.0. The summed E-state index contributed by atoms with van der Waals surface area (Å²) in [6.45, 7) is 0. The molecule has 2 rings (SSSR count). The van der Waals surface area contributed by atoms with E-state index in [0.717, 1.165) is 0 Å². The van der Waals surface area contributed by atoms with Crippen molar-refractivity contribution in [3.8, 4) is 0 Å². The average Bonchev–Trinajstić information content (AvgIpc) is 2.82. The molecule has 0 aliphatic rings. The Hall–Kier alpha value is -1.85. The summed E-state index contributed by atoms with van der Waals surface area (Å²) in [5, 5.41) is 0. The first kappa shape index (κ1) is 11.6. The van der Waals surface area contributed by atoms with Gasteiger partial charge in [0.15, 0.2) is 23.3 Å². The molecule has 0 fully saturated rings. The van der Waals surface area contributed by atoms with Crippen molar-refractivity contribution in [3.05, 3.63) is 58.7 Å². The van der Waals surface area contributed by atoms with Crippen LogP contribution in [0.1, 0.15) is 11.3 Å². The molecule has 6 heteroatoms. The molecule has 0 spiro atoms. The van der Waals surface area contributed by atoms with Gasteiger partial charge in [0.1, 0.15) is 0 Å². The molecule has 0 saturated heterocycles. The Balaban J connectivity index is 2.54. The minimum atomic E-state index is -2.14. The van der Waals surface area contributed by atoms with Gasteiger partial charge in [-0.2, -0.15) is 0 Å². The molecule has 1 heterocycles. The van der Waals surface area contributed by atoms with E-state index < -0.39 is 41.1 Å². The third-order valence-corrected chi connectivity index (χ3v) is 2.33. The van der Waals surface area contributed by atoms with E-state index in [4.69, 9.17) is 0 Å². The van der Waals surface area contributed by atoms with Gasteiger partial charge in [0, 0.05) is 23.9 Å². The highest BCUT2D eigenvalue weighted by Gasteiger charge is 2.25. The topological polar surface area (TPSA) is 15.8 Å². The van der Waals surface area contributed by atoms with Crippen LogP contribution in [0.2, 0.25) is 0 Å². The van der Waals surface area contributed by atoms with E-state index in [2.05, 4.69) is 4.98 Å². The molecule has 0 unspecified atom stereocenters. The fourth-order valence-electron chi connectivity index (χ4n) is 1.47. The highest BCUT2D eigenvalue weighted by Crippen LogP contribution is 2.24. The van der Waals surface area contributed by atoms with Crippen LogP contribution in [0.15, 0.2) is 18.3 Å². The predicted molar refractivity (Wildman–Crippen MR) is 49.8 cm³/mol. The van der Waals surface area contributed by atoms with E-state index in [-0.39, 0.29) is 0 Å². The minimum absolute atomic E-state index is 0.355. The summed E-state index contributed by atoms with van der Waals surface area (Å²) in [7, 11) is 0. The number of H-pyrrole nitrogens is 1. The van der Waals surface area contributed by atoms with Crippen LogP contribution in [0.25, 0.3) is 0 Å². The second kappa shape index (κ2) is 4.20. The number of benzene rings is 1. The number of rotatable bonds is 2. The zero-order valence-corrected chi connectivity index (χ0v) is 8.33. The molecular formula is C11H6F5N. The average molecular weight is 247 g/mol. The smallest absolute Gasteiger partial charge is 0.200 e. The molecule has 1 N–H and O–H groups in total. The van der Waals surface area contributed by atoms with Crippen LogP contribution in [0, 0.1) is 29.1 Å². The third kappa shape index (κ3) is 1.90. The van der Waals surface area contributed by atoms with Crippen LogP contribution in [-0.4, -0.2) is 4.98 Å². The lowest BCUT2D eigenvalue weighted by atomic mass is 10.1. The van der Waals surface area contributed by atoms with E-state index in [0.29, 0.717) is 5.69 Å². The molecule has 0 aliphatic carbocycles. The van der Waals surface area contributed by atoms with Crippen LogP contribution in [0.4, 0.5) is 22.0 Å². The highest BCUT2D eigenvalue weighted by molar-refractivity contribution is 5.28. The van der Waals surface area contributed by atoms with E-state index in [1.165, 1.54) is 12.3 Å². The summed E-state index contributed by atoms with van der Waals surface area (Å²) in [6, 6.07) is 3.04. The summed E-state index contributed by atoms with van der Waals surface area (Å²) in [6.07, 6.45) is 1.10. The monoisotopic (exact) mass is 247 g/mol. The van der Waals surface area contributed by atoms with Crippen molar-refractivity contribution in [1.82, 2.24) is 4.98 Å². The molecule has 2 aromatic rings. The Morgan fingerprint density at radius 2 is 1.35 bits per heavy atom. The van der Waals surface area contributed by atoms with Crippen molar-refractivity contribution in [1.29, 1.82) is 0 Å². The van der Waals surface area contributed by atoms with Crippen molar-refractivity contribution in [2.45, 2.75) is 6.42 Å². The lowest BCUT2D eigenvalue weighted by Gasteiger charge is -2.07. The molecule has 90 valence electrons. The van der Waals surface area contributed by atoms with Gasteiger partial charge in [-0.05, 0) is 12.1 Å². The number of nitrogens with one attached hydrogen (secondary N) is 1. The Bertz CT molecular complexity index is 518. The number of hydrogen-bond donors (Lipinski definition) is 1. The molecule has 1 aromatic heterocycles. The zero-order chi connectivity index (χ0) is 12.6. The van der Waals surface area contributed by atoms with Gasteiger partial charge in [0.25, 0.3) is 0 Å². The first-order chi connectivity index (χ1) is 8.02. The van der Waals surface area contributed by atoms with Gasteiger partial charge in [0.2, 0.25) is 5.82 Å². The van der Waals surface area contributed by atoms with Crippen LogP contribution in [-0.2, 0) is 6.42 Å². The Kier molecular flexibility index (Phi) is 2.87. The number of hydrogen-bond acceptors (Lipinski definition) is 0. The Morgan fingerprint density at radius 1 is 0.824 bits per heavy atom. The molecule has 0 amide bonds. The second-order valence-electron chi connectivity index (χ2n) is 3.42. The molecular weight excluding hydrogens is 241 g/mol. The minimum Gasteiger partial charge on any atom is -0.365 e. The van der Waals surface area contributed by atoms with E-state index >= 15 is 0 Å². The number of aromatic nitrogens is 1. The first-order valence-electron chi connectivity index (χ1n) is 4.65. The molecule has 1 aromatic carbocycles. The Labute approximate surface area is 92.9 Å². The van der Waals surface area contributed by atoms with Crippen LogP contribution >= 0.6 is 0 Å². The second-order valence-corrected chi connectivity index (χ2v) is 3.42. The van der Waals surface area contributed by atoms with Crippen molar-refractivity contribution in [2.75, 3.05) is 0 Å². The van der Waals surface area contributed by atoms with Gasteiger partial charge in [0.05, 0.1) is 0 Å². The van der Waals surface area contributed by atoms with Gasteiger partial charge >= 0.3 is 0 Å². The van der Waals surface area contributed by atoms with Crippen molar-refractivity contribution in [2.24, 2.45) is 0 Å². The van der Waals surface area contributed by atoms with Crippen molar-refractivity contribution in [3.63, 3.8) is 0 Å². The molecule has 0 saturated carbocycles. The zero-order valence-electron chi connectivity index (χ0n) is 8.33. The van der Waals surface area contributed by atoms with Gasteiger partial charge in [-0.3, -0.25) is 0 Å². The van der Waals surface area contributed by atoms with Gasteiger partial charge < -0.3 is 4.98 Å². The number of aromatic amines is 1. The standard InChI is InChI=1S/C11H6F5N/c12-7-6(4-5-2-1-3-17-5)8(13)10(15)11(16)9(7)14/h1-3,17H,4H2. The summed E-state index contributed by atoms with van der Waals surface area (Å²) >= 11 is 0. The molecule has 17 heavy (non-hydrogen) atoms. The first-order valence-corrected chi connectivity index (χ1v) is 4.65. The van der Waals surface area contributed by atoms with E-state index in [1.54, 1.807) is 6.07 Å². The SMILES string of the molecule is Fc1c(F)c(F)c(Cc2ccc[nH]2)c(F)c1F. The van der Waals surface area contributed by atoms with Gasteiger partial charge in [-0.1, -0.05) is 0 Å². The summed E-state index contributed by atoms with van der Waals surface area (Å²) in [4.78, 5) is 2.62. The highest BCUT2D eigenvalue weighted by atomic mass is 19.2.